The van der Waals surface area contributed by atoms with Crippen LogP contribution in [0.25, 0.3) is 0 Å². The Kier molecular flexibility index (Phi) is 3.76. The minimum Gasteiger partial charge on any atom is -0.465 e. The van der Waals surface area contributed by atoms with Crippen LogP contribution in [0, 0.1) is 5.92 Å². The summed E-state index contributed by atoms with van der Waals surface area (Å²) in [6.45, 7) is 2.93. The highest BCUT2D eigenvalue weighted by atomic mass is 16.5. The van der Waals surface area contributed by atoms with E-state index in [0.717, 1.165) is 0 Å². The SMILES string of the molecule is CCOC(=O)C1CCn2nc(COC)cc2C1=O. The second kappa shape index (κ2) is 5.30. The monoisotopic (exact) mass is 252 g/mol. The molecule has 6 nitrogen and oxygen atoms in total. The zero-order chi connectivity index (χ0) is 13.1. The Morgan fingerprint density at radius 2 is 2.39 bits per heavy atom. The van der Waals surface area contributed by atoms with Gasteiger partial charge in [-0.05, 0) is 19.4 Å². The van der Waals surface area contributed by atoms with Gasteiger partial charge in [0.15, 0.2) is 5.78 Å². The lowest BCUT2D eigenvalue weighted by Gasteiger charge is -2.20. The van der Waals surface area contributed by atoms with E-state index in [1.54, 1.807) is 24.8 Å². The maximum absolute atomic E-state index is 12.1. The number of nitrogens with zero attached hydrogens (tertiary/aromatic N) is 2. The maximum atomic E-state index is 12.1. The van der Waals surface area contributed by atoms with Crippen LogP contribution in [0.5, 0.6) is 0 Å². The van der Waals surface area contributed by atoms with Crippen LogP contribution in [-0.2, 0) is 27.4 Å². The van der Waals surface area contributed by atoms with Crippen molar-refractivity contribution < 1.29 is 19.1 Å². The molecule has 0 bridgehead atoms. The molecule has 0 aromatic carbocycles. The largest absolute Gasteiger partial charge is 0.465 e. The first-order valence-electron chi connectivity index (χ1n) is 5.94. The predicted molar refractivity (Wildman–Crippen MR) is 62.0 cm³/mol. The summed E-state index contributed by atoms with van der Waals surface area (Å²) in [5, 5.41) is 4.25. The molecule has 1 unspecified atom stereocenters. The highest BCUT2D eigenvalue weighted by Gasteiger charge is 2.35. The molecule has 1 atom stereocenters. The minimum absolute atomic E-state index is 0.213. The second-order valence-corrected chi connectivity index (χ2v) is 4.13. The summed E-state index contributed by atoms with van der Waals surface area (Å²) in [4.78, 5) is 23.8. The number of ketones is 1. The highest BCUT2D eigenvalue weighted by molar-refractivity contribution is 6.08. The van der Waals surface area contributed by atoms with E-state index < -0.39 is 11.9 Å². The molecule has 0 saturated heterocycles. The van der Waals surface area contributed by atoms with E-state index in [4.69, 9.17) is 9.47 Å². The number of Topliss-reactive ketones (excluding diaryl/α,β-unsaturated/α-hetero) is 1. The van der Waals surface area contributed by atoms with Crippen LogP contribution in [0.3, 0.4) is 0 Å². The first kappa shape index (κ1) is 12.8. The molecule has 0 radical (unpaired) electrons. The third-order valence-electron chi connectivity index (χ3n) is 2.89. The number of carbonyl (C=O) groups is 2. The maximum Gasteiger partial charge on any atom is 0.316 e. The fourth-order valence-corrected chi connectivity index (χ4v) is 2.09. The number of rotatable bonds is 4. The van der Waals surface area contributed by atoms with Gasteiger partial charge >= 0.3 is 5.97 Å². The van der Waals surface area contributed by atoms with Crippen molar-refractivity contribution in [2.75, 3.05) is 13.7 Å². The number of aromatic nitrogens is 2. The van der Waals surface area contributed by atoms with E-state index in [1.807, 2.05) is 0 Å². The molecule has 1 aliphatic heterocycles. The Hall–Kier alpha value is -1.69. The summed E-state index contributed by atoms with van der Waals surface area (Å²) < 4.78 is 11.5. The summed E-state index contributed by atoms with van der Waals surface area (Å²) in [7, 11) is 1.57. The first-order chi connectivity index (χ1) is 8.67. The van der Waals surface area contributed by atoms with Gasteiger partial charge in [0.1, 0.15) is 11.6 Å². The number of ether oxygens (including phenoxy) is 2. The molecule has 0 N–H and O–H groups in total. The minimum atomic E-state index is -0.690. The summed E-state index contributed by atoms with van der Waals surface area (Å²) in [5.74, 6) is -1.35. The summed E-state index contributed by atoms with van der Waals surface area (Å²) >= 11 is 0. The number of esters is 1. The summed E-state index contributed by atoms with van der Waals surface area (Å²) in [6, 6.07) is 1.68. The predicted octanol–water partition coefficient (Wildman–Crippen LogP) is 0.795. The van der Waals surface area contributed by atoms with Crippen LogP contribution in [0.4, 0.5) is 0 Å². The van der Waals surface area contributed by atoms with E-state index in [-0.39, 0.29) is 12.4 Å². The quantitative estimate of drug-likeness (QED) is 0.585. The fourth-order valence-electron chi connectivity index (χ4n) is 2.09. The van der Waals surface area contributed by atoms with Crippen molar-refractivity contribution in [1.29, 1.82) is 0 Å². The molecule has 1 aliphatic rings. The third-order valence-corrected chi connectivity index (χ3v) is 2.89. The Morgan fingerprint density at radius 3 is 3.06 bits per heavy atom. The number of fused-ring (bicyclic) bond motifs is 1. The lowest BCUT2D eigenvalue weighted by molar-refractivity contribution is -0.146. The van der Waals surface area contributed by atoms with Gasteiger partial charge in [-0.15, -0.1) is 0 Å². The number of hydrogen-bond acceptors (Lipinski definition) is 5. The van der Waals surface area contributed by atoms with Crippen LogP contribution in [0.2, 0.25) is 0 Å². The molecule has 0 fully saturated rings. The molecule has 18 heavy (non-hydrogen) atoms. The van der Waals surface area contributed by atoms with Crippen LogP contribution in [0.15, 0.2) is 6.07 Å². The van der Waals surface area contributed by atoms with Crippen molar-refractivity contribution in [2.45, 2.75) is 26.5 Å². The van der Waals surface area contributed by atoms with Gasteiger partial charge in [0, 0.05) is 13.7 Å². The second-order valence-electron chi connectivity index (χ2n) is 4.13. The summed E-state index contributed by atoms with van der Waals surface area (Å²) in [5.41, 5.74) is 1.16. The zero-order valence-corrected chi connectivity index (χ0v) is 10.5. The zero-order valence-electron chi connectivity index (χ0n) is 10.5. The molecule has 98 valence electrons. The molecule has 0 aliphatic carbocycles. The van der Waals surface area contributed by atoms with Crippen LogP contribution in [0.1, 0.15) is 29.5 Å². The van der Waals surface area contributed by atoms with E-state index in [9.17, 15) is 9.59 Å². The number of hydrogen-bond donors (Lipinski definition) is 0. The molecule has 0 amide bonds. The van der Waals surface area contributed by atoms with Gasteiger partial charge in [-0.2, -0.15) is 5.10 Å². The normalized spacial score (nSPS) is 18.6. The Bertz CT molecular complexity index is 467. The van der Waals surface area contributed by atoms with Crippen molar-refractivity contribution in [3.63, 3.8) is 0 Å². The lowest BCUT2D eigenvalue weighted by atomic mass is 9.95. The van der Waals surface area contributed by atoms with E-state index in [1.165, 1.54) is 0 Å². The van der Waals surface area contributed by atoms with Gasteiger partial charge < -0.3 is 9.47 Å². The standard InChI is InChI=1S/C12H16N2O4/c1-3-18-12(16)9-4-5-14-10(11(9)15)6-8(13-14)7-17-2/h6,9H,3-5,7H2,1-2H3. The van der Waals surface area contributed by atoms with Gasteiger partial charge in [0.2, 0.25) is 0 Å². The van der Waals surface area contributed by atoms with E-state index in [0.29, 0.717) is 31.0 Å². The number of carbonyl (C=O) groups excluding carboxylic acids is 2. The van der Waals surface area contributed by atoms with Gasteiger partial charge in [-0.3, -0.25) is 14.3 Å². The van der Waals surface area contributed by atoms with Gasteiger partial charge in [-0.25, -0.2) is 0 Å². The average Bonchev–Trinajstić information content (AvgIpc) is 2.74. The van der Waals surface area contributed by atoms with Gasteiger partial charge in [0.25, 0.3) is 0 Å². The molecule has 1 aromatic rings. The van der Waals surface area contributed by atoms with Crippen molar-refractivity contribution in [2.24, 2.45) is 5.92 Å². The number of aryl methyl sites for hydroxylation is 1. The Balaban J connectivity index is 2.19. The third kappa shape index (κ3) is 2.28. The van der Waals surface area contributed by atoms with Crippen molar-refractivity contribution >= 4 is 11.8 Å². The van der Waals surface area contributed by atoms with Crippen LogP contribution in [-0.4, -0.2) is 35.2 Å². The molecule has 2 heterocycles. The van der Waals surface area contributed by atoms with Crippen LogP contribution < -0.4 is 0 Å². The van der Waals surface area contributed by atoms with Gasteiger partial charge in [0.05, 0.1) is 18.9 Å². The molecular weight excluding hydrogens is 236 g/mol. The highest BCUT2D eigenvalue weighted by Crippen LogP contribution is 2.22. The molecular formula is C12H16N2O4. The molecule has 0 spiro atoms. The number of methoxy groups -OCH3 is 1. The van der Waals surface area contributed by atoms with E-state index in [2.05, 4.69) is 5.10 Å². The Labute approximate surface area is 105 Å². The smallest absolute Gasteiger partial charge is 0.316 e. The topological polar surface area (TPSA) is 70.4 Å². The van der Waals surface area contributed by atoms with Gasteiger partial charge in [-0.1, -0.05) is 0 Å². The lowest BCUT2D eigenvalue weighted by Crippen LogP contribution is -2.33. The summed E-state index contributed by atoms with van der Waals surface area (Å²) in [6.07, 6.45) is 0.443. The molecule has 0 saturated carbocycles. The van der Waals surface area contributed by atoms with Crippen LogP contribution >= 0.6 is 0 Å². The molecule has 1 aromatic heterocycles. The van der Waals surface area contributed by atoms with Crippen molar-refractivity contribution in [1.82, 2.24) is 9.78 Å². The van der Waals surface area contributed by atoms with Crippen molar-refractivity contribution in [3.05, 3.63) is 17.5 Å². The average molecular weight is 252 g/mol. The fraction of sp³-hybridized carbons (Fsp3) is 0.583. The van der Waals surface area contributed by atoms with Crippen molar-refractivity contribution in [3.8, 4) is 0 Å². The van der Waals surface area contributed by atoms with E-state index >= 15 is 0 Å². The first-order valence-corrected chi connectivity index (χ1v) is 5.94. The Morgan fingerprint density at radius 1 is 1.61 bits per heavy atom. The molecule has 2 rings (SSSR count). The molecule has 6 heteroatoms.